The molecule has 4 rings (SSSR count). The van der Waals surface area contributed by atoms with Crippen LogP contribution in [0.2, 0.25) is 0 Å². The second-order valence-corrected chi connectivity index (χ2v) is 6.31. The van der Waals surface area contributed by atoms with E-state index in [2.05, 4.69) is 9.55 Å². The van der Waals surface area contributed by atoms with Gasteiger partial charge in [0.05, 0.1) is 18.8 Å². The number of hydrogen-bond acceptors (Lipinski definition) is 4. The van der Waals surface area contributed by atoms with Crippen molar-refractivity contribution in [3.8, 4) is 0 Å². The van der Waals surface area contributed by atoms with Gasteiger partial charge in [-0.1, -0.05) is 0 Å². The van der Waals surface area contributed by atoms with Crippen LogP contribution >= 0.6 is 0 Å². The predicted octanol–water partition coefficient (Wildman–Crippen LogP) is 2.72. The zero-order valence-corrected chi connectivity index (χ0v) is 12.9. The molecule has 2 fully saturated rings. The van der Waals surface area contributed by atoms with Gasteiger partial charge >= 0.3 is 0 Å². The molecule has 2 aliphatic heterocycles. The van der Waals surface area contributed by atoms with E-state index in [0.29, 0.717) is 12.2 Å². The van der Waals surface area contributed by atoms with Crippen molar-refractivity contribution in [3.05, 3.63) is 24.2 Å². The maximum absolute atomic E-state index is 5.90. The number of hydrogen-bond donors (Lipinski definition) is 0. The van der Waals surface area contributed by atoms with E-state index in [-0.39, 0.29) is 0 Å². The average molecular weight is 301 g/mol. The Kier molecular flexibility index (Phi) is 4.08. The fourth-order valence-electron chi connectivity index (χ4n) is 3.52. The largest absolute Gasteiger partial charge is 0.378 e. The second kappa shape index (κ2) is 6.34. The summed E-state index contributed by atoms with van der Waals surface area (Å²) in [6.07, 6.45) is 9.19. The molecule has 5 heteroatoms. The molecule has 2 atom stereocenters. The molecule has 0 spiro atoms. The number of rotatable bonds is 4. The van der Waals surface area contributed by atoms with Crippen molar-refractivity contribution in [2.24, 2.45) is 0 Å². The van der Waals surface area contributed by atoms with Crippen molar-refractivity contribution in [1.29, 1.82) is 0 Å². The number of fused-ring (bicyclic) bond motifs is 1. The van der Waals surface area contributed by atoms with Gasteiger partial charge in [-0.3, -0.25) is 0 Å². The maximum atomic E-state index is 5.90. The molecule has 0 amide bonds. The maximum Gasteiger partial charge on any atom is 0.160 e. The number of nitrogens with zero attached hydrogens (tertiary/aromatic N) is 3. The summed E-state index contributed by atoms with van der Waals surface area (Å²) in [6.45, 7) is 2.62. The molecule has 0 aliphatic carbocycles. The third kappa shape index (κ3) is 2.88. The minimum Gasteiger partial charge on any atom is -0.378 e. The summed E-state index contributed by atoms with van der Waals surface area (Å²) >= 11 is 0. The summed E-state index contributed by atoms with van der Waals surface area (Å²) in [7, 11) is 0. The zero-order valence-electron chi connectivity index (χ0n) is 12.9. The van der Waals surface area contributed by atoms with Crippen molar-refractivity contribution >= 4 is 11.2 Å². The van der Waals surface area contributed by atoms with Gasteiger partial charge in [-0.25, -0.2) is 9.97 Å². The first-order valence-electron chi connectivity index (χ1n) is 8.43. The molecule has 0 saturated carbocycles. The summed E-state index contributed by atoms with van der Waals surface area (Å²) < 4.78 is 14.0. The molecular formula is C17H23N3O2. The van der Waals surface area contributed by atoms with Crippen LogP contribution in [0.25, 0.3) is 11.2 Å². The van der Waals surface area contributed by atoms with Gasteiger partial charge in [0.1, 0.15) is 11.3 Å². The molecule has 2 aromatic heterocycles. The van der Waals surface area contributed by atoms with E-state index >= 15 is 0 Å². The van der Waals surface area contributed by atoms with Crippen LogP contribution in [0.3, 0.4) is 0 Å². The molecule has 4 heterocycles. The molecule has 0 radical (unpaired) electrons. The lowest BCUT2D eigenvalue weighted by molar-refractivity contribution is 0.0147. The Hall–Kier alpha value is -1.46. The lowest BCUT2D eigenvalue weighted by Gasteiger charge is -2.23. The van der Waals surface area contributed by atoms with Gasteiger partial charge in [0.15, 0.2) is 5.65 Å². The third-order valence-corrected chi connectivity index (χ3v) is 4.68. The summed E-state index contributed by atoms with van der Waals surface area (Å²) in [6, 6.07) is 3.99. The van der Waals surface area contributed by atoms with Gasteiger partial charge in [0.25, 0.3) is 0 Å². The highest BCUT2D eigenvalue weighted by Gasteiger charge is 2.23. The van der Waals surface area contributed by atoms with Gasteiger partial charge in [-0.15, -0.1) is 0 Å². The normalized spacial score (nSPS) is 25.8. The highest BCUT2D eigenvalue weighted by Crippen LogP contribution is 2.22. The molecule has 0 aromatic carbocycles. The Labute approximate surface area is 130 Å². The van der Waals surface area contributed by atoms with Crippen LogP contribution in [0, 0.1) is 0 Å². The summed E-state index contributed by atoms with van der Waals surface area (Å²) in [4.78, 5) is 9.35. The highest BCUT2D eigenvalue weighted by molar-refractivity contribution is 5.71. The van der Waals surface area contributed by atoms with Crippen LogP contribution in [0.5, 0.6) is 0 Å². The lowest BCUT2D eigenvalue weighted by Crippen LogP contribution is -2.25. The van der Waals surface area contributed by atoms with E-state index in [9.17, 15) is 0 Å². The first kappa shape index (κ1) is 14.2. The molecule has 5 nitrogen and oxygen atoms in total. The van der Waals surface area contributed by atoms with Crippen LogP contribution in [0.4, 0.5) is 0 Å². The van der Waals surface area contributed by atoms with E-state index in [1.807, 2.05) is 18.3 Å². The van der Waals surface area contributed by atoms with E-state index in [1.165, 1.54) is 12.8 Å². The standard InChI is InChI=1S/C17H23N3O2/c1-2-9-21-13(5-1)11-16-19-15-7-3-8-18-17(15)20(16)12-14-6-4-10-22-14/h3,7-8,13-14H,1-2,4-6,9-12H2. The smallest absolute Gasteiger partial charge is 0.160 e. The van der Waals surface area contributed by atoms with Crippen molar-refractivity contribution in [3.63, 3.8) is 0 Å². The predicted molar refractivity (Wildman–Crippen MR) is 83.8 cm³/mol. The molecule has 2 unspecified atom stereocenters. The monoisotopic (exact) mass is 301 g/mol. The van der Waals surface area contributed by atoms with Crippen LogP contribution in [0.1, 0.15) is 37.9 Å². The van der Waals surface area contributed by atoms with Gasteiger partial charge in [-0.05, 0) is 44.2 Å². The molecular weight excluding hydrogens is 278 g/mol. The Bertz CT molecular complexity index is 628. The number of aromatic nitrogens is 3. The van der Waals surface area contributed by atoms with E-state index in [4.69, 9.17) is 14.5 Å². The number of pyridine rings is 1. The minimum absolute atomic E-state index is 0.297. The zero-order chi connectivity index (χ0) is 14.8. The molecule has 22 heavy (non-hydrogen) atoms. The Morgan fingerprint density at radius 2 is 1.95 bits per heavy atom. The highest BCUT2D eigenvalue weighted by atomic mass is 16.5. The van der Waals surface area contributed by atoms with Crippen LogP contribution in [-0.4, -0.2) is 40.0 Å². The molecule has 118 valence electrons. The van der Waals surface area contributed by atoms with Crippen molar-refractivity contribution in [1.82, 2.24) is 14.5 Å². The fourth-order valence-corrected chi connectivity index (χ4v) is 3.52. The SMILES string of the molecule is c1cnc2c(c1)nc(CC1CCCCO1)n2CC1CCCO1. The molecule has 0 N–H and O–H groups in total. The van der Waals surface area contributed by atoms with Crippen LogP contribution in [-0.2, 0) is 22.4 Å². The van der Waals surface area contributed by atoms with Crippen molar-refractivity contribution in [2.45, 2.75) is 57.3 Å². The van der Waals surface area contributed by atoms with Crippen LogP contribution in [0.15, 0.2) is 18.3 Å². The topological polar surface area (TPSA) is 49.2 Å². The number of ether oxygens (including phenoxy) is 2. The minimum atomic E-state index is 0.297. The van der Waals surface area contributed by atoms with Crippen molar-refractivity contribution in [2.75, 3.05) is 13.2 Å². The summed E-state index contributed by atoms with van der Waals surface area (Å²) in [5.74, 6) is 1.09. The lowest BCUT2D eigenvalue weighted by atomic mass is 10.1. The second-order valence-electron chi connectivity index (χ2n) is 6.31. The Morgan fingerprint density at radius 1 is 1.09 bits per heavy atom. The quantitative estimate of drug-likeness (QED) is 0.871. The van der Waals surface area contributed by atoms with E-state index in [0.717, 1.165) is 62.4 Å². The Balaban J connectivity index is 1.62. The Morgan fingerprint density at radius 3 is 2.77 bits per heavy atom. The van der Waals surface area contributed by atoms with Gasteiger partial charge < -0.3 is 14.0 Å². The molecule has 2 aromatic rings. The van der Waals surface area contributed by atoms with Crippen molar-refractivity contribution < 1.29 is 9.47 Å². The van der Waals surface area contributed by atoms with Gasteiger partial charge in [0, 0.05) is 25.8 Å². The van der Waals surface area contributed by atoms with Gasteiger partial charge in [0.2, 0.25) is 0 Å². The van der Waals surface area contributed by atoms with Gasteiger partial charge in [-0.2, -0.15) is 0 Å². The first-order valence-corrected chi connectivity index (χ1v) is 8.43. The summed E-state index contributed by atoms with van der Waals surface area (Å²) in [5, 5.41) is 0. The number of imidazole rings is 1. The first-order chi connectivity index (χ1) is 10.9. The molecule has 2 aliphatic rings. The van der Waals surface area contributed by atoms with E-state index in [1.54, 1.807) is 0 Å². The van der Waals surface area contributed by atoms with E-state index < -0.39 is 0 Å². The molecule has 0 bridgehead atoms. The fraction of sp³-hybridized carbons (Fsp3) is 0.647. The summed E-state index contributed by atoms with van der Waals surface area (Å²) in [5.41, 5.74) is 1.95. The molecule has 2 saturated heterocycles. The average Bonchev–Trinajstić information content (AvgIpc) is 3.18. The van der Waals surface area contributed by atoms with Crippen LogP contribution < -0.4 is 0 Å². The third-order valence-electron chi connectivity index (χ3n) is 4.68.